The second-order valence-corrected chi connectivity index (χ2v) is 10.2. The Balaban J connectivity index is 1.52. The number of hydrogen-bond acceptors (Lipinski definition) is 6. The van der Waals surface area contributed by atoms with Crippen molar-refractivity contribution in [1.82, 2.24) is 25.0 Å². The maximum absolute atomic E-state index is 13.1. The Hall–Kier alpha value is -3.62. The normalized spacial score (nSPS) is 20.6. The van der Waals surface area contributed by atoms with E-state index in [-0.39, 0.29) is 18.6 Å². The number of carbonyl (C=O) groups excluding carboxylic acids is 2. The summed E-state index contributed by atoms with van der Waals surface area (Å²) in [5.41, 5.74) is 3.13. The smallest absolute Gasteiger partial charge is 0.411 e. The molecule has 9 heteroatoms. The molecule has 184 valence electrons. The van der Waals surface area contributed by atoms with Crippen LogP contribution in [0.4, 0.5) is 4.79 Å². The predicted molar refractivity (Wildman–Crippen MR) is 131 cm³/mol. The average Bonchev–Trinajstić information content (AvgIpc) is 3.35. The predicted octanol–water partition coefficient (Wildman–Crippen LogP) is 3.45. The summed E-state index contributed by atoms with van der Waals surface area (Å²) in [4.78, 5) is 32.1. The first-order chi connectivity index (χ1) is 16.7. The van der Waals surface area contributed by atoms with Crippen LogP contribution in [0.3, 0.4) is 0 Å². The molecule has 1 N–H and O–H groups in total. The molecule has 0 spiro atoms. The Kier molecular flexibility index (Phi) is 5.86. The van der Waals surface area contributed by atoms with Gasteiger partial charge in [0.2, 0.25) is 5.91 Å². The van der Waals surface area contributed by atoms with Gasteiger partial charge in [0, 0.05) is 48.9 Å². The molecule has 35 heavy (non-hydrogen) atoms. The van der Waals surface area contributed by atoms with Crippen LogP contribution in [-0.4, -0.2) is 62.5 Å². The lowest BCUT2D eigenvalue weighted by molar-refractivity contribution is -0.125. The number of amides is 2. The zero-order chi connectivity index (χ0) is 24.7. The van der Waals surface area contributed by atoms with Crippen LogP contribution in [0.25, 0.3) is 22.2 Å². The molecule has 1 aromatic carbocycles. The van der Waals surface area contributed by atoms with Gasteiger partial charge in [0.15, 0.2) is 0 Å². The van der Waals surface area contributed by atoms with E-state index in [2.05, 4.69) is 21.5 Å². The van der Waals surface area contributed by atoms with Gasteiger partial charge in [-0.1, -0.05) is 12.1 Å². The Labute approximate surface area is 204 Å². The minimum atomic E-state index is -0.657. The number of rotatable bonds is 0. The van der Waals surface area contributed by atoms with Crippen molar-refractivity contribution in [1.29, 1.82) is 0 Å². The molecule has 2 aliphatic rings. The number of benzene rings is 1. The largest absolute Gasteiger partial charge is 0.488 e. The number of carbonyl (C=O) groups is 2. The highest BCUT2D eigenvalue weighted by molar-refractivity contribution is 5.96. The molecule has 2 atom stereocenters. The van der Waals surface area contributed by atoms with Crippen LogP contribution in [0, 0.1) is 0 Å². The summed E-state index contributed by atoms with van der Waals surface area (Å²) in [5, 5.41) is 8.77. The highest BCUT2D eigenvalue weighted by Gasteiger charge is 2.42. The standard InChI is InChI=1S/C26H31N5O4/c1-26(2,3)35-25(33)31-15-17-14-22(31)24(32)28-11-6-9-21-23-18(7-5-8-19(23)29-30(21)4)20-13-16(34-17)10-12-27-20/h5,7-8,10,12-13,17,22H,6,9,11,14-15H2,1-4H3,(H,28,32)/t17-,22-/m0/s1. The first-order valence-electron chi connectivity index (χ1n) is 12.0. The third-order valence-corrected chi connectivity index (χ3v) is 6.37. The molecule has 2 amide bonds. The van der Waals surface area contributed by atoms with E-state index in [1.165, 1.54) is 4.90 Å². The Bertz CT molecular complexity index is 1280. The fourth-order valence-corrected chi connectivity index (χ4v) is 4.87. The van der Waals surface area contributed by atoms with E-state index in [4.69, 9.17) is 9.47 Å². The van der Waals surface area contributed by atoms with Crippen molar-refractivity contribution in [2.45, 2.75) is 57.8 Å². The Morgan fingerprint density at radius 1 is 1.26 bits per heavy atom. The SMILES string of the molecule is Cn1nc2cccc3c2c1CCCNC(=O)[C@@H]1C[C@@H](CN1C(=O)OC(C)(C)C)Oc1ccnc-3c1. The van der Waals surface area contributed by atoms with Crippen LogP contribution >= 0.6 is 0 Å². The first kappa shape index (κ1) is 23.1. The molecule has 4 heterocycles. The molecule has 0 saturated carbocycles. The molecular weight excluding hydrogens is 446 g/mol. The van der Waals surface area contributed by atoms with E-state index in [1.54, 1.807) is 12.3 Å². The van der Waals surface area contributed by atoms with E-state index < -0.39 is 17.7 Å². The fourth-order valence-electron chi connectivity index (χ4n) is 4.87. The van der Waals surface area contributed by atoms with Gasteiger partial charge >= 0.3 is 6.09 Å². The molecule has 3 aromatic rings. The Morgan fingerprint density at radius 3 is 2.89 bits per heavy atom. The van der Waals surface area contributed by atoms with Crippen LogP contribution in [0.15, 0.2) is 36.5 Å². The molecule has 9 nitrogen and oxygen atoms in total. The van der Waals surface area contributed by atoms with Crippen molar-refractivity contribution in [2.75, 3.05) is 13.1 Å². The van der Waals surface area contributed by atoms with Crippen molar-refractivity contribution in [3.05, 3.63) is 42.2 Å². The number of aromatic nitrogens is 3. The van der Waals surface area contributed by atoms with E-state index in [0.717, 1.165) is 40.7 Å². The Morgan fingerprint density at radius 2 is 2.09 bits per heavy atom. The number of fused-ring (bicyclic) bond motifs is 5. The lowest BCUT2D eigenvalue weighted by Crippen LogP contribution is -2.47. The number of likely N-dealkylation sites (tertiary alicyclic amines) is 1. The highest BCUT2D eigenvalue weighted by Crippen LogP contribution is 2.33. The summed E-state index contributed by atoms with van der Waals surface area (Å²) in [6.07, 6.45) is 2.74. The molecule has 2 aromatic heterocycles. The molecule has 0 aliphatic carbocycles. The van der Waals surface area contributed by atoms with E-state index >= 15 is 0 Å². The summed E-state index contributed by atoms with van der Waals surface area (Å²) in [7, 11) is 1.94. The van der Waals surface area contributed by atoms with E-state index in [0.29, 0.717) is 18.7 Å². The molecular formula is C26H31N5O4. The first-order valence-corrected chi connectivity index (χ1v) is 12.0. The summed E-state index contributed by atoms with van der Waals surface area (Å²) in [6, 6.07) is 9.10. The topological polar surface area (TPSA) is 98.6 Å². The maximum atomic E-state index is 13.1. The van der Waals surface area contributed by atoms with Crippen molar-refractivity contribution in [3.63, 3.8) is 0 Å². The molecule has 1 fully saturated rings. The van der Waals surface area contributed by atoms with Crippen LogP contribution in [0.1, 0.15) is 39.3 Å². The summed E-state index contributed by atoms with van der Waals surface area (Å²) in [5.74, 6) is 0.449. The van der Waals surface area contributed by atoms with Crippen molar-refractivity contribution < 1.29 is 19.1 Å². The molecule has 5 rings (SSSR count). The average molecular weight is 478 g/mol. The van der Waals surface area contributed by atoms with Gasteiger partial charge in [0.25, 0.3) is 0 Å². The summed E-state index contributed by atoms with van der Waals surface area (Å²) < 4.78 is 13.8. The second-order valence-electron chi connectivity index (χ2n) is 10.2. The highest BCUT2D eigenvalue weighted by atomic mass is 16.6. The van der Waals surface area contributed by atoms with E-state index in [9.17, 15) is 9.59 Å². The third kappa shape index (κ3) is 4.67. The zero-order valence-electron chi connectivity index (χ0n) is 20.6. The quantitative estimate of drug-likeness (QED) is 0.533. The molecule has 0 radical (unpaired) electrons. The van der Waals surface area contributed by atoms with Crippen LogP contribution in [-0.2, 0) is 23.0 Å². The number of hydrogen-bond donors (Lipinski definition) is 1. The van der Waals surface area contributed by atoms with Gasteiger partial charge < -0.3 is 14.8 Å². The lowest BCUT2D eigenvalue weighted by Gasteiger charge is -2.27. The van der Waals surface area contributed by atoms with Gasteiger partial charge in [-0.05, 0) is 45.7 Å². The second kappa shape index (κ2) is 8.87. The maximum Gasteiger partial charge on any atom is 0.411 e. The van der Waals surface area contributed by atoms with Crippen molar-refractivity contribution in [2.24, 2.45) is 7.05 Å². The van der Waals surface area contributed by atoms with Gasteiger partial charge in [0.05, 0.1) is 17.8 Å². The third-order valence-electron chi connectivity index (χ3n) is 6.37. The monoisotopic (exact) mass is 477 g/mol. The minimum Gasteiger partial charge on any atom is -0.488 e. The molecule has 1 saturated heterocycles. The fraction of sp³-hybridized carbons (Fsp3) is 0.462. The lowest BCUT2D eigenvalue weighted by atomic mass is 10.0. The van der Waals surface area contributed by atoms with Gasteiger partial charge in [-0.25, -0.2) is 4.79 Å². The minimum absolute atomic E-state index is 0.192. The molecule has 2 aliphatic heterocycles. The number of ether oxygens (including phenoxy) is 2. The number of aryl methyl sites for hydroxylation is 2. The van der Waals surface area contributed by atoms with E-state index in [1.807, 2.05) is 50.7 Å². The number of pyridine rings is 1. The van der Waals surface area contributed by atoms with Crippen LogP contribution in [0.2, 0.25) is 0 Å². The van der Waals surface area contributed by atoms with Crippen LogP contribution in [0.5, 0.6) is 5.75 Å². The van der Waals surface area contributed by atoms with Gasteiger partial charge in [-0.2, -0.15) is 5.10 Å². The summed E-state index contributed by atoms with van der Waals surface area (Å²) >= 11 is 0. The van der Waals surface area contributed by atoms with Gasteiger partial charge in [-0.15, -0.1) is 0 Å². The van der Waals surface area contributed by atoms with Gasteiger partial charge in [0.1, 0.15) is 23.5 Å². The summed E-state index contributed by atoms with van der Waals surface area (Å²) in [6.45, 7) is 6.20. The van der Waals surface area contributed by atoms with Crippen LogP contribution < -0.4 is 10.1 Å². The number of nitrogens with one attached hydrogen (secondary N) is 1. The van der Waals surface area contributed by atoms with Crippen molar-refractivity contribution >= 4 is 22.9 Å². The number of nitrogens with zero attached hydrogens (tertiary/aromatic N) is 4. The van der Waals surface area contributed by atoms with Crippen molar-refractivity contribution in [3.8, 4) is 17.0 Å². The van der Waals surface area contributed by atoms with Gasteiger partial charge in [-0.3, -0.25) is 19.4 Å². The molecule has 0 unspecified atom stereocenters. The zero-order valence-corrected chi connectivity index (χ0v) is 20.6. The molecule has 4 bridgehead atoms.